The van der Waals surface area contributed by atoms with Crippen molar-refractivity contribution in [3.05, 3.63) is 46.0 Å². The van der Waals surface area contributed by atoms with Crippen molar-refractivity contribution < 1.29 is 34.0 Å². The normalized spacial score (nSPS) is 22.8. The molecule has 0 amide bonds. The van der Waals surface area contributed by atoms with Gasteiger partial charge in [-0.2, -0.15) is 0 Å². The van der Waals surface area contributed by atoms with Gasteiger partial charge in [0.05, 0.1) is 13.2 Å². The number of aliphatic hydroxyl groups excluding tert-OH is 2. The molecule has 1 fully saturated rings. The first-order valence-electron chi connectivity index (χ1n) is 10.7. The van der Waals surface area contributed by atoms with Crippen molar-refractivity contribution in [1.29, 1.82) is 0 Å². The van der Waals surface area contributed by atoms with E-state index in [0.717, 1.165) is 38.4 Å². The third-order valence-electron chi connectivity index (χ3n) is 5.87. The second-order valence-corrected chi connectivity index (χ2v) is 8.06. The number of allylic oxidation sites excluding steroid dienone is 3. The molecule has 0 aromatic heterocycles. The van der Waals surface area contributed by atoms with Crippen molar-refractivity contribution in [1.82, 2.24) is 4.90 Å². The van der Waals surface area contributed by atoms with E-state index in [0.29, 0.717) is 37.0 Å². The average molecular weight is 434 g/mol. The number of nitrogens with zero attached hydrogens (tertiary/aromatic N) is 1. The van der Waals surface area contributed by atoms with E-state index in [9.17, 15) is 19.8 Å². The molecule has 2 heterocycles. The summed E-state index contributed by atoms with van der Waals surface area (Å²) >= 11 is 0. The van der Waals surface area contributed by atoms with Gasteiger partial charge in [-0.3, -0.25) is 9.69 Å². The maximum Gasteiger partial charge on any atom is 0.342 e. The summed E-state index contributed by atoms with van der Waals surface area (Å²) in [6.45, 7) is 7.97. The highest BCUT2D eigenvalue weighted by Crippen LogP contribution is 2.35. The molecule has 170 valence electrons. The van der Waals surface area contributed by atoms with Gasteiger partial charge < -0.3 is 24.4 Å². The van der Waals surface area contributed by atoms with E-state index in [-0.39, 0.29) is 29.7 Å². The van der Waals surface area contributed by atoms with E-state index in [4.69, 9.17) is 14.2 Å². The first-order valence-corrected chi connectivity index (χ1v) is 10.7. The number of cyclic esters (lactones) is 1. The lowest BCUT2D eigenvalue weighted by Crippen LogP contribution is -2.38. The maximum absolute atomic E-state index is 12.0. The van der Waals surface area contributed by atoms with E-state index >= 15 is 0 Å². The molecule has 2 N–H and O–H groups in total. The SMILES string of the molecule is CC1=C(O)C(C/C=C(\C)CCC(=O)OCCN2CCOCC2)C=C(O)C2=C1COC2=O. The van der Waals surface area contributed by atoms with Gasteiger partial charge in [0.2, 0.25) is 0 Å². The Balaban J connectivity index is 1.46. The van der Waals surface area contributed by atoms with Gasteiger partial charge in [-0.05, 0) is 38.3 Å². The highest BCUT2D eigenvalue weighted by Gasteiger charge is 2.33. The number of ether oxygens (including phenoxy) is 3. The third-order valence-corrected chi connectivity index (χ3v) is 5.87. The molecule has 2 aliphatic heterocycles. The van der Waals surface area contributed by atoms with Crippen LogP contribution in [-0.4, -0.2) is 73.1 Å². The molecule has 31 heavy (non-hydrogen) atoms. The van der Waals surface area contributed by atoms with E-state index in [1.165, 1.54) is 6.08 Å². The quantitative estimate of drug-likeness (QED) is 0.445. The number of aliphatic hydroxyl groups is 2. The Morgan fingerprint density at radius 1 is 1.29 bits per heavy atom. The van der Waals surface area contributed by atoms with Gasteiger partial charge in [0, 0.05) is 37.5 Å². The summed E-state index contributed by atoms with van der Waals surface area (Å²) < 4.78 is 15.6. The van der Waals surface area contributed by atoms with Crippen LogP contribution in [0, 0.1) is 5.92 Å². The summed E-state index contributed by atoms with van der Waals surface area (Å²) in [5.41, 5.74) is 2.21. The van der Waals surface area contributed by atoms with Gasteiger partial charge in [0.15, 0.2) is 0 Å². The van der Waals surface area contributed by atoms with Gasteiger partial charge in [-0.25, -0.2) is 4.79 Å². The van der Waals surface area contributed by atoms with E-state index in [1.807, 2.05) is 13.0 Å². The Bertz CT molecular complexity index is 831. The van der Waals surface area contributed by atoms with E-state index < -0.39 is 11.9 Å². The predicted octanol–water partition coefficient (Wildman–Crippen LogP) is 2.74. The topological polar surface area (TPSA) is 106 Å². The van der Waals surface area contributed by atoms with Crippen LogP contribution in [0.1, 0.15) is 33.1 Å². The molecular weight excluding hydrogens is 402 g/mol. The highest BCUT2D eigenvalue weighted by atomic mass is 16.5. The van der Waals surface area contributed by atoms with Crippen LogP contribution >= 0.6 is 0 Å². The third kappa shape index (κ3) is 5.98. The lowest BCUT2D eigenvalue weighted by atomic mass is 9.96. The van der Waals surface area contributed by atoms with Crippen molar-refractivity contribution in [3.8, 4) is 0 Å². The van der Waals surface area contributed by atoms with E-state index in [2.05, 4.69) is 4.90 Å². The van der Waals surface area contributed by atoms with Crippen LogP contribution in [0.4, 0.5) is 0 Å². The second kappa shape index (κ2) is 10.6. The number of rotatable bonds is 8. The van der Waals surface area contributed by atoms with Crippen LogP contribution < -0.4 is 0 Å². The number of esters is 2. The number of hydrogen-bond donors (Lipinski definition) is 2. The molecule has 0 aromatic carbocycles. The Hall–Kier alpha value is -2.58. The summed E-state index contributed by atoms with van der Waals surface area (Å²) in [7, 11) is 0. The van der Waals surface area contributed by atoms with Crippen LogP contribution in [0.15, 0.2) is 46.0 Å². The molecule has 3 rings (SSSR count). The Kier molecular flexibility index (Phi) is 7.92. The molecule has 8 nitrogen and oxygen atoms in total. The standard InChI is InChI=1S/C23H31NO7/c1-15(4-6-20(26)30-12-9-24-7-10-29-11-8-24)3-5-17-13-19(25)21-18(14-31-23(21)28)16(2)22(17)27/h3,13,17,25,27H,4-12,14H2,1-2H3/b15-3+. The zero-order chi connectivity index (χ0) is 22.4. The van der Waals surface area contributed by atoms with Crippen LogP contribution in [0.25, 0.3) is 0 Å². The van der Waals surface area contributed by atoms with Crippen molar-refractivity contribution >= 4 is 11.9 Å². The van der Waals surface area contributed by atoms with Gasteiger partial charge in [0.1, 0.15) is 30.3 Å². The Morgan fingerprint density at radius 2 is 2.03 bits per heavy atom. The minimum absolute atomic E-state index is 0.0528. The summed E-state index contributed by atoms with van der Waals surface area (Å²) in [6, 6.07) is 0. The van der Waals surface area contributed by atoms with E-state index in [1.54, 1.807) is 6.92 Å². The Labute approximate surface area is 182 Å². The molecular formula is C23H31NO7. The molecule has 3 aliphatic rings. The largest absolute Gasteiger partial charge is 0.511 e. The van der Waals surface area contributed by atoms with Crippen LogP contribution in [0.5, 0.6) is 0 Å². The molecule has 1 aliphatic carbocycles. The zero-order valence-corrected chi connectivity index (χ0v) is 18.2. The number of hydrogen-bond acceptors (Lipinski definition) is 8. The van der Waals surface area contributed by atoms with Gasteiger partial charge in [-0.15, -0.1) is 0 Å². The molecule has 0 saturated carbocycles. The zero-order valence-electron chi connectivity index (χ0n) is 18.2. The average Bonchev–Trinajstić information content (AvgIpc) is 3.12. The molecule has 8 heteroatoms. The van der Waals surface area contributed by atoms with Crippen molar-refractivity contribution in [2.24, 2.45) is 5.92 Å². The van der Waals surface area contributed by atoms with Crippen molar-refractivity contribution in [3.63, 3.8) is 0 Å². The van der Waals surface area contributed by atoms with Gasteiger partial charge in [-0.1, -0.05) is 11.6 Å². The summed E-state index contributed by atoms with van der Waals surface area (Å²) in [4.78, 5) is 26.1. The summed E-state index contributed by atoms with van der Waals surface area (Å²) in [5, 5.41) is 20.9. The van der Waals surface area contributed by atoms with Gasteiger partial charge in [0.25, 0.3) is 0 Å². The van der Waals surface area contributed by atoms with Gasteiger partial charge >= 0.3 is 11.9 Å². The second-order valence-electron chi connectivity index (χ2n) is 8.06. The molecule has 0 bridgehead atoms. The summed E-state index contributed by atoms with van der Waals surface area (Å²) in [6.07, 6.45) is 4.72. The molecule has 0 aromatic rings. The highest BCUT2D eigenvalue weighted by molar-refractivity contribution is 5.97. The van der Waals surface area contributed by atoms with Crippen molar-refractivity contribution in [2.45, 2.75) is 33.1 Å². The van der Waals surface area contributed by atoms with Crippen LogP contribution in [0.2, 0.25) is 0 Å². The fraction of sp³-hybridized carbons (Fsp3) is 0.565. The number of carbonyl (C=O) groups is 2. The monoisotopic (exact) mass is 433 g/mol. The summed E-state index contributed by atoms with van der Waals surface area (Å²) in [5.74, 6) is -1.31. The first kappa shape index (κ1) is 23.1. The number of carbonyl (C=O) groups excluding carboxylic acids is 2. The van der Waals surface area contributed by atoms with Crippen molar-refractivity contribution in [2.75, 3.05) is 46.1 Å². The lowest BCUT2D eigenvalue weighted by Gasteiger charge is -2.26. The lowest BCUT2D eigenvalue weighted by molar-refractivity contribution is -0.144. The first-order chi connectivity index (χ1) is 14.9. The Morgan fingerprint density at radius 3 is 2.77 bits per heavy atom. The number of morpholine rings is 1. The fourth-order valence-corrected chi connectivity index (χ4v) is 3.84. The predicted molar refractivity (Wildman–Crippen MR) is 113 cm³/mol. The van der Waals surface area contributed by atoms with Crippen LogP contribution in [-0.2, 0) is 23.8 Å². The fourth-order valence-electron chi connectivity index (χ4n) is 3.84. The molecule has 1 saturated heterocycles. The minimum Gasteiger partial charge on any atom is -0.511 e. The molecule has 0 spiro atoms. The smallest absolute Gasteiger partial charge is 0.342 e. The minimum atomic E-state index is -0.574. The molecule has 1 unspecified atom stereocenters. The maximum atomic E-state index is 12.0. The molecule has 0 radical (unpaired) electrons. The van der Waals surface area contributed by atoms with Crippen LogP contribution in [0.3, 0.4) is 0 Å². The molecule has 1 atom stereocenters.